The first-order chi connectivity index (χ1) is 9.26. The second-order valence-electron chi connectivity index (χ2n) is 7.41. The quantitative estimate of drug-likeness (QED) is 0.791. The van der Waals surface area contributed by atoms with Gasteiger partial charge >= 0.3 is 0 Å². The lowest BCUT2D eigenvalue weighted by Crippen LogP contribution is -2.54. The molecule has 3 unspecified atom stereocenters. The lowest BCUT2D eigenvalue weighted by Gasteiger charge is -2.46. The average molecular weight is 264 g/mol. The van der Waals surface area contributed by atoms with Gasteiger partial charge in [-0.25, -0.2) is 0 Å². The van der Waals surface area contributed by atoms with Crippen LogP contribution in [0.5, 0.6) is 0 Å². The summed E-state index contributed by atoms with van der Waals surface area (Å²) in [4.78, 5) is 2.83. The third kappa shape index (κ3) is 3.52. The highest BCUT2D eigenvalue weighted by Gasteiger charge is 2.36. The molecule has 110 valence electrons. The van der Waals surface area contributed by atoms with E-state index in [1.165, 1.54) is 64.5 Å². The predicted octanol–water partition coefficient (Wildman–Crippen LogP) is 3.42. The Labute approximate surface area is 119 Å². The zero-order valence-corrected chi connectivity index (χ0v) is 12.9. The normalized spacial score (nSPS) is 35.1. The zero-order chi connectivity index (χ0) is 13.2. The summed E-state index contributed by atoms with van der Waals surface area (Å²) in [6.45, 7) is 7.52. The maximum atomic E-state index is 3.90. The number of rotatable bonds is 6. The topological polar surface area (TPSA) is 15.3 Å². The van der Waals surface area contributed by atoms with E-state index >= 15 is 0 Å². The molecule has 1 saturated heterocycles. The fourth-order valence-electron chi connectivity index (χ4n) is 4.12. The second-order valence-corrected chi connectivity index (χ2v) is 7.41. The Hall–Kier alpha value is -0.0800. The summed E-state index contributed by atoms with van der Waals surface area (Å²) in [5.74, 6) is 1.94. The summed E-state index contributed by atoms with van der Waals surface area (Å²) in [7, 11) is 0. The third-order valence-electron chi connectivity index (χ3n) is 5.72. The molecule has 2 heteroatoms. The number of nitrogens with zero attached hydrogens (tertiary/aromatic N) is 1. The highest BCUT2D eigenvalue weighted by Crippen LogP contribution is 2.35. The van der Waals surface area contributed by atoms with Crippen LogP contribution < -0.4 is 5.32 Å². The van der Waals surface area contributed by atoms with Crippen molar-refractivity contribution in [2.45, 2.75) is 83.3 Å². The van der Waals surface area contributed by atoms with E-state index in [0.29, 0.717) is 0 Å². The van der Waals surface area contributed by atoms with Crippen LogP contribution in [0.3, 0.4) is 0 Å². The van der Waals surface area contributed by atoms with E-state index < -0.39 is 0 Å². The molecule has 3 atom stereocenters. The van der Waals surface area contributed by atoms with Crippen LogP contribution in [0.2, 0.25) is 0 Å². The van der Waals surface area contributed by atoms with Crippen LogP contribution in [0.4, 0.5) is 0 Å². The lowest BCUT2D eigenvalue weighted by atomic mass is 9.78. The molecule has 3 aliphatic rings. The van der Waals surface area contributed by atoms with E-state index in [1.807, 2.05) is 0 Å². The van der Waals surface area contributed by atoms with Gasteiger partial charge < -0.3 is 5.32 Å². The van der Waals surface area contributed by atoms with Crippen LogP contribution in [-0.2, 0) is 0 Å². The van der Waals surface area contributed by atoms with Crippen molar-refractivity contribution in [1.82, 2.24) is 10.2 Å². The molecule has 1 N–H and O–H groups in total. The van der Waals surface area contributed by atoms with Crippen molar-refractivity contribution in [3.8, 4) is 0 Å². The first kappa shape index (κ1) is 13.9. The van der Waals surface area contributed by atoms with E-state index in [2.05, 4.69) is 24.1 Å². The Bertz CT molecular complexity index is 283. The molecule has 0 radical (unpaired) electrons. The SMILES string of the molecule is CCCC1CC(NC2CC2)CN(C(C)C2CCC2)C1. The van der Waals surface area contributed by atoms with Gasteiger partial charge in [-0.05, 0) is 57.3 Å². The molecule has 3 fully saturated rings. The monoisotopic (exact) mass is 264 g/mol. The summed E-state index contributed by atoms with van der Waals surface area (Å²) >= 11 is 0. The van der Waals surface area contributed by atoms with Gasteiger partial charge in [-0.15, -0.1) is 0 Å². The smallest absolute Gasteiger partial charge is 0.0200 e. The van der Waals surface area contributed by atoms with Crippen molar-refractivity contribution in [2.75, 3.05) is 13.1 Å². The number of hydrogen-bond acceptors (Lipinski definition) is 2. The summed E-state index contributed by atoms with van der Waals surface area (Å²) in [5.41, 5.74) is 0. The van der Waals surface area contributed by atoms with Gasteiger partial charge in [0.05, 0.1) is 0 Å². The largest absolute Gasteiger partial charge is 0.310 e. The fraction of sp³-hybridized carbons (Fsp3) is 1.00. The Morgan fingerprint density at radius 3 is 2.47 bits per heavy atom. The van der Waals surface area contributed by atoms with Gasteiger partial charge in [-0.2, -0.15) is 0 Å². The van der Waals surface area contributed by atoms with Gasteiger partial charge in [-0.3, -0.25) is 4.90 Å². The van der Waals surface area contributed by atoms with Crippen molar-refractivity contribution in [2.24, 2.45) is 11.8 Å². The summed E-state index contributed by atoms with van der Waals surface area (Å²) in [6, 6.07) is 2.48. The molecule has 2 nitrogen and oxygen atoms in total. The maximum absolute atomic E-state index is 3.90. The van der Waals surface area contributed by atoms with Crippen molar-refractivity contribution < 1.29 is 0 Å². The minimum absolute atomic E-state index is 0.778. The molecule has 0 aromatic heterocycles. The van der Waals surface area contributed by atoms with E-state index in [4.69, 9.17) is 0 Å². The molecule has 0 spiro atoms. The van der Waals surface area contributed by atoms with Crippen molar-refractivity contribution in [3.05, 3.63) is 0 Å². The van der Waals surface area contributed by atoms with Crippen molar-refractivity contribution in [3.63, 3.8) is 0 Å². The zero-order valence-electron chi connectivity index (χ0n) is 12.9. The van der Waals surface area contributed by atoms with Gasteiger partial charge in [0.2, 0.25) is 0 Å². The Balaban J connectivity index is 1.57. The highest BCUT2D eigenvalue weighted by molar-refractivity contribution is 4.93. The molecular formula is C17H32N2. The van der Waals surface area contributed by atoms with Crippen LogP contribution in [0, 0.1) is 11.8 Å². The van der Waals surface area contributed by atoms with Gasteiger partial charge in [0.1, 0.15) is 0 Å². The Morgan fingerprint density at radius 2 is 1.89 bits per heavy atom. The Kier molecular flexibility index (Phi) is 4.48. The molecule has 0 aromatic rings. The number of hydrogen-bond donors (Lipinski definition) is 1. The van der Waals surface area contributed by atoms with Gasteiger partial charge in [0, 0.05) is 31.2 Å². The molecule has 0 amide bonds. The molecule has 0 bridgehead atoms. The van der Waals surface area contributed by atoms with E-state index in [0.717, 1.165) is 30.0 Å². The average Bonchev–Trinajstić information content (AvgIpc) is 3.10. The third-order valence-corrected chi connectivity index (χ3v) is 5.72. The lowest BCUT2D eigenvalue weighted by molar-refractivity contribution is 0.0490. The molecular weight excluding hydrogens is 232 g/mol. The standard InChI is InChI=1S/C17H32N2/c1-3-5-14-10-17(18-16-8-9-16)12-19(11-14)13(2)15-6-4-7-15/h13-18H,3-12H2,1-2H3. The number of piperidine rings is 1. The molecule has 1 heterocycles. The van der Waals surface area contributed by atoms with Crippen LogP contribution in [0.1, 0.15) is 65.2 Å². The van der Waals surface area contributed by atoms with Crippen LogP contribution >= 0.6 is 0 Å². The summed E-state index contributed by atoms with van der Waals surface area (Å²) < 4.78 is 0. The first-order valence-electron chi connectivity index (χ1n) is 8.76. The van der Waals surface area contributed by atoms with Gasteiger partial charge in [-0.1, -0.05) is 19.8 Å². The number of likely N-dealkylation sites (tertiary alicyclic amines) is 1. The minimum atomic E-state index is 0.778. The fourth-order valence-corrected chi connectivity index (χ4v) is 4.12. The molecule has 19 heavy (non-hydrogen) atoms. The van der Waals surface area contributed by atoms with Crippen LogP contribution in [-0.4, -0.2) is 36.1 Å². The Morgan fingerprint density at radius 1 is 1.11 bits per heavy atom. The predicted molar refractivity (Wildman–Crippen MR) is 81.3 cm³/mol. The summed E-state index contributed by atoms with van der Waals surface area (Å²) in [6.07, 6.45) is 11.5. The molecule has 1 aliphatic heterocycles. The van der Waals surface area contributed by atoms with Crippen molar-refractivity contribution in [1.29, 1.82) is 0 Å². The maximum Gasteiger partial charge on any atom is 0.0200 e. The van der Waals surface area contributed by atoms with Gasteiger partial charge in [0.25, 0.3) is 0 Å². The van der Waals surface area contributed by atoms with Crippen LogP contribution in [0.15, 0.2) is 0 Å². The highest BCUT2D eigenvalue weighted by atomic mass is 15.2. The molecule has 2 saturated carbocycles. The van der Waals surface area contributed by atoms with E-state index in [9.17, 15) is 0 Å². The van der Waals surface area contributed by atoms with E-state index in [1.54, 1.807) is 0 Å². The second kappa shape index (κ2) is 6.13. The molecule has 0 aromatic carbocycles. The van der Waals surface area contributed by atoms with E-state index in [-0.39, 0.29) is 0 Å². The van der Waals surface area contributed by atoms with Crippen molar-refractivity contribution >= 4 is 0 Å². The number of nitrogens with one attached hydrogen (secondary N) is 1. The molecule has 2 aliphatic carbocycles. The minimum Gasteiger partial charge on any atom is -0.310 e. The summed E-state index contributed by atoms with van der Waals surface area (Å²) in [5, 5.41) is 3.90. The van der Waals surface area contributed by atoms with Crippen LogP contribution in [0.25, 0.3) is 0 Å². The first-order valence-corrected chi connectivity index (χ1v) is 8.76. The molecule has 3 rings (SSSR count). The van der Waals surface area contributed by atoms with Gasteiger partial charge in [0.15, 0.2) is 0 Å².